The van der Waals surface area contributed by atoms with Gasteiger partial charge in [0.05, 0.1) is 0 Å². The van der Waals surface area contributed by atoms with E-state index in [0.29, 0.717) is 5.92 Å². The third-order valence-corrected chi connectivity index (χ3v) is 2.35. The Hall–Kier alpha value is -1.11. The first kappa shape index (κ1) is 13.9. The first-order chi connectivity index (χ1) is 7.29. The smallest absolute Gasteiger partial charge is 0.0428 e. The Labute approximate surface area is 94.3 Å². The highest BCUT2D eigenvalue weighted by Gasteiger charge is 2.10. The summed E-state index contributed by atoms with van der Waals surface area (Å²) in [6.07, 6.45) is 12.0. The Morgan fingerprint density at radius 2 is 1.80 bits per heavy atom. The topological polar surface area (TPSA) is 12.4 Å². The van der Waals surface area contributed by atoms with Crippen molar-refractivity contribution >= 4 is 5.71 Å². The molecule has 0 rings (SSSR count). The van der Waals surface area contributed by atoms with E-state index in [1.807, 2.05) is 12.2 Å². The van der Waals surface area contributed by atoms with Gasteiger partial charge in [0.1, 0.15) is 0 Å². The highest BCUT2D eigenvalue weighted by molar-refractivity contribution is 5.96. The van der Waals surface area contributed by atoms with Crippen LogP contribution in [-0.2, 0) is 0 Å². The molecule has 15 heavy (non-hydrogen) atoms. The Morgan fingerprint density at radius 3 is 2.20 bits per heavy atom. The van der Waals surface area contributed by atoms with Crippen LogP contribution >= 0.6 is 0 Å². The summed E-state index contributed by atoms with van der Waals surface area (Å²) in [7, 11) is 0. The minimum absolute atomic E-state index is 0.562. The Balaban J connectivity index is 4.55. The lowest BCUT2D eigenvalue weighted by Gasteiger charge is -2.14. The molecule has 0 radical (unpaired) electrons. The number of aliphatic imine (C=N–C) groups is 1. The lowest BCUT2D eigenvalue weighted by molar-refractivity contribution is 0.560. The molecule has 1 heteroatoms. The molecule has 0 unspecified atom stereocenters. The van der Waals surface area contributed by atoms with Crippen LogP contribution in [0.1, 0.15) is 39.5 Å². The van der Waals surface area contributed by atoms with Crippen molar-refractivity contribution in [3.05, 3.63) is 37.6 Å². The molecule has 0 aromatic carbocycles. The molecule has 0 aromatic heterocycles. The molecule has 0 aliphatic carbocycles. The van der Waals surface area contributed by atoms with E-state index in [9.17, 15) is 0 Å². The molecule has 0 heterocycles. The zero-order chi connectivity index (χ0) is 11.5. The summed E-state index contributed by atoms with van der Waals surface area (Å²) in [4.78, 5) is 4.42. The second-order valence-corrected chi connectivity index (χ2v) is 3.61. The maximum Gasteiger partial charge on any atom is 0.0428 e. The van der Waals surface area contributed by atoms with Gasteiger partial charge in [-0.1, -0.05) is 45.9 Å². The van der Waals surface area contributed by atoms with Crippen molar-refractivity contribution in [1.29, 1.82) is 0 Å². The van der Waals surface area contributed by atoms with Crippen LogP contribution in [0.15, 0.2) is 42.6 Å². The summed E-state index contributed by atoms with van der Waals surface area (Å²) in [6.45, 7) is 11.9. The van der Waals surface area contributed by atoms with Gasteiger partial charge in [0.15, 0.2) is 0 Å². The zero-order valence-electron chi connectivity index (χ0n) is 10.1. The van der Waals surface area contributed by atoms with E-state index in [-0.39, 0.29) is 0 Å². The molecule has 0 aliphatic rings. The first-order valence-electron chi connectivity index (χ1n) is 5.77. The predicted molar refractivity (Wildman–Crippen MR) is 70.3 cm³/mol. The van der Waals surface area contributed by atoms with Crippen LogP contribution in [0.3, 0.4) is 0 Å². The van der Waals surface area contributed by atoms with Gasteiger partial charge >= 0.3 is 0 Å². The van der Waals surface area contributed by atoms with Gasteiger partial charge in [0.25, 0.3) is 0 Å². The molecule has 0 bridgehead atoms. The van der Waals surface area contributed by atoms with Crippen LogP contribution in [0.2, 0.25) is 0 Å². The van der Waals surface area contributed by atoms with Crippen LogP contribution in [-0.4, -0.2) is 5.71 Å². The highest BCUT2D eigenvalue weighted by atomic mass is 14.7. The van der Waals surface area contributed by atoms with Crippen molar-refractivity contribution in [2.75, 3.05) is 0 Å². The molecule has 0 aliphatic heterocycles. The minimum Gasteiger partial charge on any atom is -0.261 e. The normalized spacial score (nSPS) is 12.3. The summed E-state index contributed by atoms with van der Waals surface area (Å²) in [5, 5.41) is 0. The van der Waals surface area contributed by atoms with E-state index in [2.05, 4.69) is 32.0 Å². The molecular weight excluding hydrogens is 182 g/mol. The largest absolute Gasteiger partial charge is 0.261 e. The van der Waals surface area contributed by atoms with Gasteiger partial charge in [-0.15, -0.1) is 0 Å². The van der Waals surface area contributed by atoms with Crippen molar-refractivity contribution in [2.24, 2.45) is 10.9 Å². The second-order valence-electron chi connectivity index (χ2n) is 3.61. The van der Waals surface area contributed by atoms with Crippen LogP contribution < -0.4 is 0 Å². The van der Waals surface area contributed by atoms with Crippen LogP contribution in [0, 0.1) is 5.92 Å². The van der Waals surface area contributed by atoms with E-state index in [1.165, 1.54) is 25.7 Å². The van der Waals surface area contributed by atoms with E-state index >= 15 is 0 Å². The maximum atomic E-state index is 4.42. The molecule has 0 saturated heterocycles. The van der Waals surface area contributed by atoms with Crippen molar-refractivity contribution < 1.29 is 0 Å². The number of nitrogens with zero attached hydrogens (tertiary/aromatic N) is 1. The average Bonchev–Trinajstić information content (AvgIpc) is 2.24. The molecule has 1 nitrogen and oxygen atoms in total. The summed E-state index contributed by atoms with van der Waals surface area (Å²) in [6, 6.07) is 0. The van der Waals surface area contributed by atoms with Gasteiger partial charge in [-0.3, -0.25) is 4.99 Å². The van der Waals surface area contributed by atoms with Gasteiger partial charge in [0.2, 0.25) is 0 Å². The van der Waals surface area contributed by atoms with Crippen molar-refractivity contribution in [1.82, 2.24) is 0 Å². The first-order valence-corrected chi connectivity index (χ1v) is 5.77. The molecule has 0 amide bonds. The van der Waals surface area contributed by atoms with Gasteiger partial charge in [-0.2, -0.15) is 0 Å². The van der Waals surface area contributed by atoms with Crippen LogP contribution in [0.4, 0.5) is 0 Å². The second kappa shape index (κ2) is 9.45. The Morgan fingerprint density at radius 1 is 1.20 bits per heavy atom. The summed E-state index contributed by atoms with van der Waals surface area (Å²) >= 11 is 0. The standard InChI is InChI=1S/C14H23N/c1-5-9-12-15-14(8-4)13(10-6-2)11-7-3/h5,8-9,12-13H,1,4,6-7,10-11H2,2-3H3/b12-9-,15-14+. The van der Waals surface area contributed by atoms with Gasteiger partial charge in [-0.25, -0.2) is 0 Å². The third-order valence-electron chi connectivity index (χ3n) is 2.35. The fraction of sp³-hybridized carbons (Fsp3) is 0.500. The Bertz CT molecular complexity index is 230. The molecule has 0 spiro atoms. The summed E-state index contributed by atoms with van der Waals surface area (Å²) < 4.78 is 0. The monoisotopic (exact) mass is 205 g/mol. The van der Waals surface area contributed by atoms with Crippen LogP contribution in [0.5, 0.6) is 0 Å². The molecule has 0 N–H and O–H groups in total. The lowest BCUT2D eigenvalue weighted by Crippen LogP contribution is -2.11. The maximum absolute atomic E-state index is 4.42. The van der Waals surface area contributed by atoms with E-state index < -0.39 is 0 Å². The van der Waals surface area contributed by atoms with Gasteiger partial charge in [-0.05, 0) is 25.0 Å². The zero-order valence-corrected chi connectivity index (χ0v) is 10.1. The number of allylic oxidation sites excluding steroid dienone is 3. The minimum atomic E-state index is 0.562. The number of hydrogen-bond acceptors (Lipinski definition) is 1. The highest BCUT2D eigenvalue weighted by Crippen LogP contribution is 2.16. The molecule has 0 aromatic rings. The fourth-order valence-corrected chi connectivity index (χ4v) is 1.65. The van der Waals surface area contributed by atoms with E-state index in [4.69, 9.17) is 0 Å². The van der Waals surface area contributed by atoms with Crippen molar-refractivity contribution in [3.8, 4) is 0 Å². The van der Waals surface area contributed by atoms with E-state index in [0.717, 1.165) is 5.71 Å². The number of rotatable bonds is 8. The molecule has 84 valence electrons. The summed E-state index contributed by atoms with van der Waals surface area (Å²) in [5.74, 6) is 0.562. The van der Waals surface area contributed by atoms with Gasteiger partial charge < -0.3 is 0 Å². The molecular formula is C14H23N. The third kappa shape index (κ3) is 6.05. The van der Waals surface area contributed by atoms with Crippen LogP contribution in [0.25, 0.3) is 0 Å². The fourth-order valence-electron chi connectivity index (χ4n) is 1.65. The van der Waals surface area contributed by atoms with Gasteiger partial charge in [0, 0.05) is 17.8 Å². The molecule has 0 saturated carbocycles. The molecule has 0 atom stereocenters. The number of hydrogen-bond donors (Lipinski definition) is 0. The SMILES string of the molecule is C=C/C=C\N=C(/C=C)C(CCC)CCC. The quantitative estimate of drug-likeness (QED) is 0.408. The van der Waals surface area contributed by atoms with E-state index in [1.54, 1.807) is 12.3 Å². The average molecular weight is 205 g/mol. The predicted octanol–water partition coefficient (Wildman–Crippen LogP) is 4.53. The Kier molecular flexibility index (Phi) is 8.75. The van der Waals surface area contributed by atoms with Crippen molar-refractivity contribution in [3.63, 3.8) is 0 Å². The summed E-state index contributed by atoms with van der Waals surface area (Å²) in [5.41, 5.74) is 1.11. The van der Waals surface area contributed by atoms with Crippen molar-refractivity contribution in [2.45, 2.75) is 39.5 Å². The lowest BCUT2D eigenvalue weighted by atomic mass is 9.93. The molecule has 0 fully saturated rings.